The minimum Gasteiger partial charge on any atom is -0.495 e. The highest BCUT2D eigenvalue weighted by molar-refractivity contribution is 5.88. The molecule has 2 rings (SSSR count). The largest absolute Gasteiger partial charge is 0.495 e. The molecule has 2 amide bonds. The van der Waals surface area contributed by atoms with E-state index in [0.29, 0.717) is 11.5 Å². The van der Waals surface area contributed by atoms with E-state index in [-0.39, 0.29) is 53.7 Å². The fourth-order valence-electron chi connectivity index (χ4n) is 4.04. The van der Waals surface area contributed by atoms with Crippen LogP contribution in [0.4, 0.5) is 9.59 Å². The van der Waals surface area contributed by atoms with E-state index in [9.17, 15) is 14.4 Å². The van der Waals surface area contributed by atoms with Gasteiger partial charge in [-0.05, 0) is 53.4 Å². The normalized spacial score (nSPS) is 13.3. The van der Waals surface area contributed by atoms with E-state index in [1.165, 1.54) is 14.2 Å². The van der Waals surface area contributed by atoms with E-state index in [2.05, 4.69) is 27.2 Å². The molecule has 2 N–H and O–H groups in total. The Balaban J connectivity index is 2.43. The van der Waals surface area contributed by atoms with Crippen LogP contribution >= 0.6 is 0 Å². The second kappa shape index (κ2) is 14.6. The first kappa shape index (κ1) is 36.2. The fourth-order valence-corrected chi connectivity index (χ4v) is 4.04. The summed E-state index contributed by atoms with van der Waals surface area (Å²) < 4.78 is 33.3. The molecule has 2 aromatic rings. The van der Waals surface area contributed by atoms with Crippen LogP contribution in [0.1, 0.15) is 121 Å². The van der Waals surface area contributed by atoms with Gasteiger partial charge in [0.2, 0.25) is 11.8 Å². The maximum absolute atomic E-state index is 12.7. The summed E-state index contributed by atoms with van der Waals surface area (Å²) in [5, 5.41) is 5.60. The van der Waals surface area contributed by atoms with Crippen LogP contribution in [0.25, 0.3) is 5.76 Å². The van der Waals surface area contributed by atoms with Gasteiger partial charge in [0, 0.05) is 12.8 Å². The van der Waals surface area contributed by atoms with Crippen molar-refractivity contribution in [2.75, 3.05) is 14.2 Å². The Labute approximate surface area is 259 Å². The Morgan fingerprint density at radius 1 is 0.727 bits per heavy atom. The van der Waals surface area contributed by atoms with Gasteiger partial charge in [0.15, 0.2) is 5.69 Å². The molecule has 0 bridgehead atoms. The van der Waals surface area contributed by atoms with Gasteiger partial charge in [0.05, 0.1) is 14.2 Å². The summed E-state index contributed by atoms with van der Waals surface area (Å²) in [5.41, 5.74) is -1.07. The van der Waals surface area contributed by atoms with Crippen LogP contribution in [0.2, 0.25) is 0 Å². The lowest BCUT2D eigenvalue weighted by Crippen LogP contribution is -2.37. The van der Waals surface area contributed by atoms with Gasteiger partial charge in [-0.15, -0.1) is 0 Å². The number of oxazole rings is 2. The van der Waals surface area contributed by atoms with E-state index in [1.807, 2.05) is 27.7 Å². The zero-order valence-electron chi connectivity index (χ0n) is 28.0. The number of ether oxygens (including phenoxy) is 4. The van der Waals surface area contributed by atoms with Crippen LogP contribution in [-0.4, -0.2) is 53.5 Å². The number of methoxy groups -OCH3 is 2. The molecule has 0 aliphatic rings. The zero-order chi connectivity index (χ0) is 33.6. The minimum atomic E-state index is -0.707. The first-order valence-electron chi connectivity index (χ1n) is 14.6. The molecule has 2 heterocycles. The summed E-state index contributed by atoms with van der Waals surface area (Å²) in [6.45, 7) is 22.1. The number of aryl methyl sites for hydroxylation is 2. The molecule has 0 aliphatic heterocycles. The highest BCUT2D eigenvalue weighted by atomic mass is 16.6. The Hall–Kier alpha value is -4.03. The molecule has 13 nitrogen and oxygen atoms in total. The van der Waals surface area contributed by atoms with Gasteiger partial charge in [-0.2, -0.15) is 0 Å². The van der Waals surface area contributed by atoms with Crippen molar-refractivity contribution in [3.8, 4) is 0 Å². The van der Waals surface area contributed by atoms with Crippen molar-refractivity contribution in [2.24, 2.45) is 11.8 Å². The lowest BCUT2D eigenvalue weighted by molar-refractivity contribution is 0.0468. The summed E-state index contributed by atoms with van der Waals surface area (Å²) in [5.74, 6) is 0.277. The number of amides is 2. The lowest BCUT2D eigenvalue weighted by atomic mass is 10.0. The van der Waals surface area contributed by atoms with Gasteiger partial charge >= 0.3 is 18.2 Å². The van der Waals surface area contributed by atoms with E-state index >= 15 is 0 Å². The topological polar surface area (TPSA) is 164 Å². The quantitative estimate of drug-likeness (QED) is 0.155. The summed E-state index contributed by atoms with van der Waals surface area (Å²) >= 11 is 0. The Morgan fingerprint density at radius 3 is 1.45 bits per heavy atom. The van der Waals surface area contributed by atoms with E-state index in [1.54, 1.807) is 41.5 Å². The molecule has 0 saturated heterocycles. The van der Waals surface area contributed by atoms with Gasteiger partial charge in [0.25, 0.3) is 0 Å². The third-order valence-electron chi connectivity index (χ3n) is 6.11. The fraction of sp³-hybridized carbons (Fsp3) is 0.645. The molecule has 246 valence electrons. The molecule has 0 saturated carbocycles. The third-order valence-corrected chi connectivity index (χ3v) is 6.11. The summed E-state index contributed by atoms with van der Waals surface area (Å²) in [6.07, 6.45) is -0.905. The molecular weight excluding hydrogens is 572 g/mol. The molecule has 0 spiro atoms. The van der Waals surface area contributed by atoms with Crippen molar-refractivity contribution < 1.29 is 42.2 Å². The van der Waals surface area contributed by atoms with Crippen molar-refractivity contribution in [3.63, 3.8) is 0 Å². The molecule has 0 fully saturated rings. The van der Waals surface area contributed by atoms with Crippen LogP contribution < -0.4 is 10.6 Å². The molecular formula is C31H48N4O9. The molecule has 2 aromatic heterocycles. The highest BCUT2D eigenvalue weighted by Crippen LogP contribution is 2.30. The average Bonchev–Trinajstić information content (AvgIpc) is 3.50. The standard InChI is InChI=1S/C31H48N4O9/c1-16(2)21(34-28(37)43-30(6,7)8)25-32-23(18(5)39-12)19(41-25)14-15-20-24(27(36)40-13)33-26(42-20)22(17(3)4)35-29(38)44-31(9,10)11/h16-17,21-22H,5,14-15H2,1-4,6-13H3,(H,34,37)(H,35,38). The second-order valence-corrected chi connectivity index (χ2v) is 13.0. The number of nitrogens with one attached hydrogen (secondary N) is 2. The summed E-state index contributed by atoms with van der Waals surface area (Å²) in [6, 6.07) is -1.30. The molecule has 0 aromatic carbocycles. The Kier molecular flexibility index (Phi) is 12.0. The first-order chi connectivity index (χ1) is 20.3. The van der Waals surface area contributed by atoms with E-state index in [0.717, 1.165) is 0 Å². The predicted octanol–water partition coefficient (Wildman–Crippen LogP) is 6.30. The van der Waals surface area contributed by atoms with Gasteiger partial charge < -0.3 is 38.4 Å². The Bertz CT molecular complexity index is 1210. The number of carbonyl (C=O) groups excluding carboxylic acids is 3. The van der Waals surface area contributed by atoms with Gasteiger partial charge in [-0.25, -0.2) is 24.4 Å². The predicted molar refractivity (Wildman–Crippen MR) is 162 cm³/mol. The third kappa shape index (κ3) is 10.3. The van der Waals surface area contributed by atoms with E-state index < -0.39 is 41.4 Å². The molecule has 2 atom stereocenters. The average molecular weight is 621 g/mol. The van der Waals surface area contributed by atoms with Gasteiger partial charge in [0.1, 0.15) is 46.3 Å². The highest BCUT2D eigenvalue weighted by Gasteiger charge is 2.32. The number of aromatic nitrogens is 2. The number of alkyl carbamates (subject to hydrolysis) is 2. The molecule has 0 radical (unpaired) electrons. The van der Waals surface area contributed by atoms with Crippen LogP contribution in [0.15, 0.2) is 15.4 Å². The van der Waals surface area contributed by atoms with Crippen molar-refractivity contribution in [2.45, 2.75) is 105 Å². The second-order valence-electron chi connectivity index (χ2n) is 13.0. The van der Waals surface area contributed by atoms with Crippen LogP contribution in [-0.2, 0) is 31.8 Å². The zero-order valence-corrected chi connectivity index (χ0v) is 28.0. The number of hydrogen-bond donors (Lipinski definition) is 2. The van der Waals surface area contributed by atoms with Crippen molar-refractivity contribution in [1.29, 1.82) is 0 Å². The lowest BCUT2D eigenvalue weighted by Gasteiger charge is -2.24. The summed E-state index contributed by atoms with van der Waals surface area (Å²) in [4.78, 5) is 46.8. The van der Waals surface area contributed by atoms with Crippen molar-refractivity contribution in [3.05, 3.63) is 41.3 Å². The number of hydrogen-bond acceptors (Lipinski definition) is 11. The van der Waals surface area contributed by atoms with Crippen LogP contribution in [0.3, 0.4) is 0 Å². The van der Waals surface area contributed by atoms with Gasteiger partial charge in [-0.1, -0.05) is 34.3 Å². The van der Waals surface area contributed by atoms with E-state index in [4.69, 9.17) is 27.8 Å². The SMILES string of the molecule is C=C(OC)c1nc(C(NC(=O)OC(C)(C)C)C(C)C)oc1CCc1oc(C(NC(=O)OC(C)(C)C)C(C)C)nc1C(=O)OC. The summed E-state index contributed by atoms with van der Waals surface area (Å²) in [7, 11) is 2.70. The smallest absolute Gasteiger partial charge is 0.408 e. The maximum Gasteiger partial charge on any atom is 0.408 e. The minimum absolute atomic E-state index is 0.0300. The number of carbonyl (C=O) groups is 3. The number of rotatable bonds is 12. The van der Waals surface area contributed by atoms with Crippen molar-refractivity contribution >= 4 is 23.9 Å². The monoisotopic (exact) mass is 620 g/mol. The first-order valence-corrected chi connectivity index (χ1v) is 14.6. The molecule has 2 unspecified atom stereocenters. The number of nitrogens with zero attached hydrogens (tertiary/aromatic N) is 2. The number of esters is 1. The molecule has 44 heavy (non-hydrogen) atoms. The maximum atomic E-state index is 12.7. The van der Waals surface area contributed by atoms with Crippen molar-refractivity contribution in [1.82, 2.24) is 20.6 Å². The van der Waals surface area contributed by atoms with Crippen LogP contribution in [0, 0.1) is 11.8 Å². The molecule has 13 heteroatoms. The Morgan fingerprint density at radius 2 is 1.11 bits per heavy atom. The van der Waals surface area contributed by atoms with Gasteiger partial charge in [-0.3, -0.25) is 0 Å². The van der Waals surface area contributed by atoms with Crippen LogP contribution in [0.5, 0.6) is 0 Å². The molecule has 0 aliphatic carbocycles.